The van der Waals surface area contributed by atoms with Crippen LogP contribution in [-0.4, -0.2) is 15.2 Å². The molecule has 0 heterocycles. The molecule has 5 nitrogen and oxygen atoms in total. The third-order valence-corrected chi connectivity index (χ3v) is 5.41. The molecule has 0 fully saturated rings. The van der Waals surface area contributed by atoms with Crippen LogP contribution in [-0.2, 0) is 5.75 Å². The van der Waals surface area contributed by atoms with Gasteiger partial charge in [0.25, 0.3) is 0 Å². The van der Waals surface area contributed by atoms with Crippen molar-refractivity contribution >= 4 is 22.4 Å². The van der Waals surface area contributed by atoms with Crippen molar-refractivity contribution in [3.8, 4) is 5.75 Å². The average Bonchev–Trinajstić information content (AvgIpc) is 2.63. The zero-order chi connectivity index (χ0) is 18.4. The molecule has 3 rings (SSSR count). The Morgan fingerprint density at radius 2 is 1.42 bits per heavy atom. The second-order valence-electron chi connectivity index (χ2n) is 5.65. The molecule has 0 saturated heterocycles. The van der Waals surface area contributed by atoms with E-state index in [1.165, 1.54) is 0 Å². The van der Waals surface area contributed by atoms with Gasteiger partial charge in [-0.25, -0.2) is 4.79 Å². The fourth-order valence-corrected chi connectivity index (χ4v) is 3.78. The lowest BCUT2D eigenvalue weighted by molar-refractivity contribution is 0.215. The van der Waals surface area contributed by atoms with E-state index < -0.39 is 16.7 Å². The van der Waals surface area contributed by atoms with E-state index in [4.69, 9.17) is 4.74 Å². The third-order valence-electron chi connectivity index (χ3n) is 3.64. The molecule has 1 amide bonds. The lowest BCUT2D eigenvalue weighted by Crippen LogP contribution is -2.16. The summed E-state index contributed by atoms with van der Waals surface area (Å²) in [5.41, 5.74) is 1.35. The van der Waals surface area contributed by atoms with Gasteiger partial charge in [0.1, 0.15) is 5.75 Å². The molecule has 134 valence electrons. The van der Waals surface area contributed by atoms with E-state index in [-0.39, 0.29) is 5.75 Å². The predicted octanol–water partition coefficient (Wildman–Crippen LogP) is 5.61. The molecule has 0 radical (unpaired) electrons. The third kappa shape index (κ3) is 4.86. The Kier molecular flexibility index (Phi) is 5.58. The SMILES string of the molecule is O=C(Nc1ccc(S(O)(O)Cc2ccccc2)cc1)Oc1ccccc1. The Balaban J connectivity index is 1.63. The molecule has 0 spiro atoms. The number of rotatable bonds is 5. The summed E-state index contributed by atoms with van der Waals surface area (Å²) in [5, 5.41) is 2.60. The van der Waals surface area contributed by atoms with Crippen molar-refractivity contribution in [2.45, 2.75) is 10.6 Å². The first kappa shape index (κ1) is 18.0. The summed E-state index contributed by atoms with van der Waals surface area (Å²) in [7, 11) is -2.95. The number of hydrogen-bond donors (Lipinski definition) is 3. The summed E-state index contributed by atoms with van der Waals surface area (Å²) >= 11 is 0. The van der Waals surface area contributed by atoms with Crippen LogP contribution < -0.4 is 10.1 Å². The van der Waals surface area contributed by atoms with Gasteiger partial charge in [0.05, 0.1) is 10.6 Å². The highest BCUT2D eigenvalue weighted by Crippen LogP contribution is 2.51. The second kappa shape index (κ2) is 8.05. The fourth-order valence-electron chi connectivity index (χ4n) is 2.39. The first-order chi connectivity index (χ1) is 12.5. The van der Waals surface area contributed by atoms with Gasteiger partial charge in [-0.15, -0.1) is 0 Å². The van der Waals surface area contributed by atoms with Gasteiger partial charge in [-0.3, -0.25) is 14.4 Å². The number of benzene rings is 3. The van der Waals surface area contributed by atoms with E-state index in [9.17, 15) is 13.9 Å². The van der Waals surface area contributed by atoms with Gasteiger partial charge in [0.2, 0.25) is 0 Å². The Hall–Kier alpha value is -2.80. The topological polar surface area (TPSA) is 78.8 Å². The number of carbonyl (C=O) groups excluding carboxylic acids is 1. The van der Waals surface area contributed by atoms with Crippen LogP contribution in [0.5, 0.6) is 5.75 Å². The first-order valence-electron chi connectivity index (χ1n) is 7.97. The quantitative estimate of drug-likeness (QED) is 0.546. The van der Waals surface area contributed by atoms with Crippen molar-refractivity contribution < 1.29 is 18.6 Å². The minimum absolute atomic E-state index is 0.149. The van der Waals surface area contributed by atoms with Crippen molar-refractivity contribution in [1.82, 2.24) is 0 Å². The zero-order valence-electron chi connectivity index (χ0n) is 13.9. The van der Waals surface area contributed by atoms with Crippen LogP contribution in [0.25, 0.3) is 0 Å². The highest BCUT2D eigenvalue weighted by molar-refractivity contribution is 8.23. The normalized spacial score (nSPS) is 11.6. The monoisotopic (exact) mass is 369 g/mol. The molecule has 3 aromatic carbocycles. The lowest BCUT2D eigenvalue weighted by Gasteiger charge is -2.32. The number of amides is 1. The van der Waals surface area contributed by atoms with E-state index in [0.29, 0.717) is 16.3 Å². The molecule has 0 unspecified atom stereocenters. The Morgan fingerprint density at radius 1 is 0.846 bits per heavy atom. The summed E-state index contributed by atoms with van der Waals surface area (Å²) in [5.74, 6) is 0.593. The molecule has 0 bridgehead atoms. The first-order valence-corrected chi connectivity index (χ1v) is 9.68. The van der Waals surface area contributed by atoms with Crippen LogP contribution in [0.3, 0.4) is 0 Å². The fraction of sp³-hybridized carbons (Fsp3) is 0.0500. The van der Waals surface area contributed by atoms with Crippen molar-refractivity contribution in [1.29, 1.82) is 0 Å². The summed E-state index contributed by atoms with van der Waals surface area (Å²) in [6, 6.07) is 24.4. The van der Waals surface area contributed by atoms with Crippen molar-refractivity contribution in [3.63, 3.8) is 0 Å². The maximum Gasteiger partial charge on any atom is 0.417 e. The van der Waals surface area contributed by atoms with Gasteiger partial charge in [-0.05, 0) is 42.0 Å². The molecular weight excluding hydrogens is 350 g/mol. The maximum atomic E-state index is 11.9. The highest BCUT2D eigenvalue weighted by Gasteiger charge is 2.16. The van der Waals surface area contributed by atoms with Gasteiger partial charge in [0, 0.05) is 5.69 Å². The van der Waals surface area contributed by atoms with E-state index in [0.717, 1.165) is 5.56 Å². The number of carbonyl (C=O) groups is 1. The Bertz CT molecular complexity index is 852. The van der Waals surface area contributed by atoms with Crippen LogP contribution in [0.1, 0.15) is 5.56 Å². The molecule has 0 aromatic heterocycles. The predicted molar refractivity (Wildman–Crippen MR) is 104 cm³/mol. The molecule has 0 aliphatic rings. The lowest BCUT2D eigenvalue weighted by atomic mass is 10.2. The Labute approximate surface area is 153 Å². The van der Waals surface area contributed by atoms with Gasteiger partial charge in [0.15, 0.2) is 0 Å². The maximum absolute atomic E-state index is 11.9. The van der Waals surface area contributed by atoms with E-state index in [1.807, 2.05) is 36.4 Å². The molecule has 3 aromatic rings. The molecule has 0 aliphatic carbocycles. The molecule has 0 saturated carbocycles. The van der Waals surface area contributed by atoms with Gasteiger partial charge in [-0.2, -0.15) is 10.6 Å². The summed E-state index contributed by atoms with van der Waals surface area (Å²) < 4.78 is 26.0. The summed E-state index contributed by atoms with van der Waals surface area (Å²) in [4.78, 5) is 12.3. The molecule has 26 heavy (non-hydrogen) atoms. The van der Waals surface area contributed by atoms with Gasteiger partial charge < -0.3 is 4.74 Å². The molecule has 3 N–H and O–H groups in total. The molecule has 0 aliphatic heterocycles. The molecular formula is C20H19NO4S. The van der Waals surface area contributed by atoms with Crippen LogP contribution >= 0.6 is 10.6 Å². The van der Waals surface area contributed by atoms with Crippen molar-refractivity contribution in [2.24, 2.45) is 0 Å². The summed E-state index contributed by atoms with van der Waals surface area (Å²) in [6.07, 6.45) is -0.611. The molecule has 0 atom stereocenters. The average molecular weight is 369 g/mol. The van der Waals surface area contributed by atoms with Crippen LogP contribution in [0.2, 0.25) is 0 Å². The van der Waals surface area contributed by atoms with Crippen molar-refractivity contribution in [3.05, 3.63) is 90.5 Å². The smallest absolute Gasteiger partial charge is 0.410 e. The van der Waals surface area contributed by atoms with Crippen LogP contribution in [0.15, 0.2) is 89.8 Å². The Morgan fingerprint density at radius 3 is 2.04 bits per heavy atom. The van der Waals surface area contributed by atoms with E-state index >= 15 is 0 Å². The van der Waals surface area contributed by atoms with Crippen LogP contribution in [0.4, 0.5) is 10.5 Å². The minimum Gasteiger partial charge on any atom is -0.410 e. The largest absolute Gasteiger partial charge is 0.417 e. The summed E-state index contributed by atoms with van der Waals surface area (Å²) in [6.45, 7) is 0. The number of ether oxygens (including phenoxy) is 1. The van der Waals surface area contributed by atoms with Crippen molar-refractivity contribution in [2.75, 3.05) is 5.32 Å². The number of hydrogen-bond acceptors (Lipinski definition) is 4. The van der Waals surface area contributed by atoms with Gasteiger partial charge in [-0.1, -0.05) is 48.5 Å². The highest BCUT2D eigenvalue weighted by atomic mass is 32.3. The second-order valence-corrected chi connectivity index (χ2v) is 7.74. The van der Waals surface area contributed by atoms with E-state index in [1.54, 1.807) is 48.5 Å². The zero-order valence-corrected chi connectivity index (χ0v) is 14.7. The number of anilines is 1. The van der Waals surface area contributed by atoms with Crippen LogP contribution in [0, 0.1) is 0 Å². The standard InChI is InChI=1S/C20H19NO4S/c22-20(25-18-9-5-2-6-10-18)21-17-11-13-19(14-12-17)26(23,24)15-16-7-3-1-4-8-16/h1-14,23-24H,15H2,(H,21,22). The number of nitrogens with one attached hydrogen (secondary N) is 1. The van der Waals surface area contributed by atoms with Gasteiger partial charge >= 0.3 is 6.09 Å². The number of para-hydroxylation sites is 1. The van der Waals surface area contributed by atoms with E-state index in [2.05, 4.69) is 5.32 Å². The minimum atomic E-state index is -2.95. The molecule has 6 heteroatoms.